The van der Waals surface area contributed by atoms with Crippen LogP contribution in [0.1, 0.15) is 17.5 Å². The molecule has 2 aromatic carbocycles. The molecular formula is C21H22BrCl2N3O2. The number of aromatic nitrogens is 2. The molecule has 1 aromatic heterocycles. The van der Waals surface area contributed by atoms with E-state index < -0.39 is 0 Å². The first-order valence-corrected chi connectivity index (χ1v) is 10.7. The highest BCUT2D eigenvalue weighted by molar-refractivity contribution is 9.10. The zero-order valence-corrected chi connectivity index (χ0v) is 19.1. The van der Waals surface area contributed by atoms with Crippen molar-refractivity contribution in [3.05, 3.63) is 74.7 Å². The minimum absolute atomic E-state index is 0.367. The van der Waals surface area contributed by atoms with Crippen molar-refractivity contribution in [2.75, 3.05) is 13.7 Å². The molecule has 0 amide bonds. The van der Waals surface area contributed by atoms with E-state index in [2.05, 4.69) is 30.8 Å². The predicted octanol–water partition coefficient (Wildman–Crippen LogP) is 5.72. The number of imidazole rings is 1. The Morgan fingerprint density at radius 1 is 1.14 bits per heavy atom. The first kappa shape index (κ1) is 22.0. The standard InChI is InChI=1S/C21H22BrCl2N3O2/c1-28-20-10-16(12-25-5-2-7-27-8-6-26-14-27)17(22)11-21(20)29-13-15-3-4-18(23)19(24)9-15/h3-4,6,8-11,14,25H,2,5,7,12-13H2,1H3. The lowest BCUT2D eigenvalue weighted by atomic mass is 10.2. The van der Waals surface area contributed by atoms with Gasteiger partial charge in [-0.25, -0.2) is 4.98 Å². The molecule has 8 heteroatoms. The van der Waals surface area contributed by atoms with Crippen LogP contribution in [0.15, 0.2) is 53.5 Å². The fourth-order valence-corrected chi connectivity index (χ4v) is 3.59. The number of nitrogens with one attached hydrogen (secondary N) is 1. The molecule has 0 fully saturated rings. The van der Waals surface area contributed by atoms with E-state index in [0.29, 0.717) is 28.2 Å². The second-order valence-electron chi connectivity index (χ2n) is 6.46. The Bertz CT molecular complexity index is 936. The summed E-state index contributed by atoms with van der Waals surface area (Å²) in [5.74, 6) is 1.35. The molecular weight excluding hydrogens is 477 g/mol. The predicted molar refractivity (Wildman–Crippen MR) is 120 cm³/mol. The topological polar surface area (TPSA) is 48.3 Å². The highest BCUT2D eigenvalue weighted by Gasteiger charge is 2.11. The molecule has 0 saturated heterocycles. The van der Waals surface area contributed by atoms with Gasteiger partial charge in [-0.2, -0.15) is 0 Å². The first-order chi connectivity index (χ1) is 14.1. The number of hydrogen-bond donors (Lipinski definition) is 1. The van der Waals surface area contributed by atoms with Gasteiger partial charge in [0.15, 0.2) is 11.5 Å². The molecule has 0 aliphatic heterocycles. The average molecular weight is 499 g/mol. The molecule has 0 aliphatic carbocycles. The van der Waals surface area contributed by atoms with E-state index in [-0.39, 0.29) is 0 Å². The Hall–Kier alpha value is -1.73. The lowest BCUT2D eigenvalue weighted by Gasteiger charge is -2.15. The summed E-state index contributed by atoms with van der Waals surface area (Å²) in [6, 6.07) is 9.36. The van der Waals surface area contributed by atoms with Crippen molar-refractivity contribution in [2.45, 2.75) is 26.1 Å². The molecule has 0 bridgehead atoms. The van der Waals surface area contributed by atoms with Crippen molar-refractivity contribution in [3.8, 4) is 11.5 Å². The summed E-state index contributed by atoms with van der Waals surface area (Å²) in [6.45, 7) is 2.95. The quantitative estimate of drug-likeness (QED) is 0.363. The number of rotatable bonds is 10. The summed E-state index contributed by atoms with van der Waals surface area (Å²) in [5.41, 5.74) is 2.03. The molecule has 0 atom stereocenters. The number of nitrogens with zero attached hydrogens (tertiary/aromatic N) is 2. The molecule has 5 nitrogen and oxygen atoms in total. The maximum atomic E-state index is 6.07. The van der Waals surface area contributed by atoms with E-state index >= 15 is 0 Å². The van der Waals surface area contributed by atoms with Crippen LogP contribution in [0.5, 0.6) is 11.5 Å². The third kappa shape index (κ3) is 6.37. The molecule has 3 rings (SSSR count). The maximum absolute atomic E-state index is 6.07. The van der Waals surface area contributed by atoms with Crippen molar-refractivity contribution in [3.63, 3.8) is 0 Å². The minimum atomic E-state index is 0.367. The van der Waals surface area contributed by atoms with Crippen LogP contribution in [0.25, 0.3) is 0 Å². The zero-order valence-electron chi connectivity index (χ0n) is 16.0. The van der Waals surface area contributed by atoms with Gasteiger partial charge in [0.05, 0.1) is 23.5 Å². The Morgan fingerprint density at radius 2 is 2.00 bits per heavy atom. The van der Waals surface area contributed by atoms with Gasteiger partial charge >= 0.3 is 0 Å². The molecule has 1 N–H and O–H groups in total. The fourth-order valence-electron chi connectivity index (χ4n) is 2.80. The molecule has 0 aliphatic rings. The van der Waals surface area contributed by atoms with Crippen LogP contribution in [-0.4, -0.2) is 23.2 Å². The van der Waals surface area contributed by atoms with Crippen molar-refractivity contribution in [1.29, 1.82) is 0 Å². The van der Waals surface area contributed by atoms with E-state index in [1.807, 2.05) is 30.7 Å². The highest BCUT2D eigenvalue weighted by atomic mass is 79.9. The number of methoxy groups -OCH3 is 1. The molecule has 0 saturated carbocycles. The number of hydrogen-bond acceptors (Lipinski definition) is 4. The summed E-state index contributed by atoms with van der Waals surface area (Å²) < 4.78 is 14.5. The van der Waals surface area contributed by atoms with Gasteiger partial charge in [0, 0.05) is 30.0 Å². The first-order valence-electron chi connectivity index (χ1n) is 9.16. The molecule has 3 aromatic rings. The van der Waals surface area contributed by atoms with Crippen molar-refractivity contribution in [1.82, 2.24) is 14.9 Å². The average Bonchev–Trinajstić information content (AvgIpc) is 3.23. The van der Waals surface area contributed by atoms with Crippen LogP contribution < -0.4 is 14.8 Å². The lowest BCUT2D eigenvalue weighted by Crippen LogP contribution is -2.16. The van der Waals surface area contributed by atoms with Crippen LogP contribution in [0, 0.1) is 0 Å². The van der Waals surface area contributed by atoms with E-state index in [1.54, 1.807) is 25.4 Å². The summed E-state index contributed by atoms with van der Waals surface area (Å²) in [7, 11) is 1.64. The van der Waals surface area contributed by atoms with Gasteiger partial charge in [-0.3, -0.25) is 0 Å². The van der Waals surface area contributed by atoms with Gasteiger partial charge < -0.3 is 19.4 Å². The summed E-state index contributed by atoms with van der Waals surface area (Å²) in [6.07, 6.45) is 6.62. The van der Waals surface area contributed by atoms with Crippen LogP contribution in [-0.2, 0) is 19.7 Å². The van der Waals surface area contributed by atoms with E-state index in [4.69, 9.17) is 32.7 Å². The third-order valence-electron chi connectivity index (χ3n) is 4.36. The van der Waals surface area contributed by atoms with Crippen molar-refractivity contribution in [2.24, 2.45) is 0 Å². The van der Waals surface area contributed by atoms with Crippen LogP contribution >= 0.6 is 39.1 Å². The summed E-state index contributed by atoms with van der Waals surface area (Å²) in [5, 5.41) is 4.49. The Morgan fingerprint density at radius 3 is 2.72 bits per heavy atom. The molecule has 1 heterocycles. The summed E-state index contributed by atoms with van der Waals surface area (Å²) in [4.78, 5) is 4.05. The second-order valence-corrected chi connectivity index (χ2v) is 8.13. The lowest BCUT2D eigenvalue weighted by molar-refractivity contribution is 0.284. The fraction of sp³-hybridized carbons (Fsp3) is 0.286. The van der Waals surface area contributed by atoms with Gasteiger partial charge in [-0.05, 0) is 48.4 Å². The second kappa shape index (κ2) is 10.9. The molecule has 0 radical (unpaired) electrons. The van der Waals surface area contributed by atoms with Gasteiger partial charge in [0.1, 0.15) is 6.61 Å². The smallest absolute Gasteiger partial charge is 0.162 e. The van der Waals surface area contributed by atoms with Gasteiger partial charge in [-0.1, -0.05) is 45.2 Å². The Kier molecular flexibility index (Phi) is 8.24. The van der Waals surface area contributed by atoms with Crippen LogP contribution in [0.2, 0.25) is 10.0 Å². The van der Waals surface area contributed by atoms with E-state index in [9.17, 15) is 0 Å². The molecule has 0 spiro atoms. The SMILES string of the molecule is COc1cc(CNCCCn2ccnc2)c(Br)cc1OCc1ccc(Cl)c(Cl)c1. The van der Waals surface area contributed by atoms with Crippen molar-refractivity contribution >= 4 is 39.1 Å². The number of halogens is 3. The molecule has 29 heavy (non-hydrogen) atoms. The van der Waals surface area contributed by atoms with Gasteiger partial charge in [0.2, 0.25) is 0 Å². The van der Waals surface area contributed by atoms with Gasteiger partial charge in [0.25, 0.3) is 0 Å². The Balaban J connectivity index is 1.55. The van der Waals surface area contributed by atoms with Crippen LogP contribution in [0.3, 0.4) is 0 Å². The van der Waals surface area contributed by atoms with E-state index in [0.717, 1.165) is 41.7 Å². The monoisotopic (exact) mass is 497 g/mol. The summed E-state index contributed by atoms with van der Waals surface area (Å²) >= 11 is 15.7. The number of aryl methyl sites for hydroxylation is 1. The molecule has 0 unspecified atom stereocenters. The third-order valence-corrected chi connectivity index (χ3v) is 5.83. The largest absolute Gasteiger partial charge is 0.493 e. The van der Waals surface area contributed by atoms with Crippen molar-refractivity contribution < 1.29 is 9.47 Å². The van der Waals surface area contributed by atoms with Gasteiger partial charge in [-0.15, -0.1) is 0 Å². The number of benzene rings is 2. The maximum Gasteiger partial charge on any atom is 0.162 e. The zero-order chi connectivity index (χ0) is 20.6. The molecule has 154 valence electrons. The Labute approximate surface area is 189 Å². The normalized spacial score (nSPS) is 10.9. The highest BCUT2D eigenvalue weighted by Crippen LogP contribution is 2.34. The number of ether oxygens (including phenoxy) is 2. The van der Waals surface area contributed by atoms with Crippen LogP contribution in [0.4, 0.5) is 0 Å². The minimum Gasteiger partial charge on any atom is -0.493 e. The van der Waals surface area contributed by atoms with E-state index in [1.165, 1.54) is 0 Å².